The molecular formula is C23H24N2O6S. The molecule has 0 unspecified atom stereocenters. The van der Waals surface area contributed by atoms with E-state index in [0.29, 0.717) is 24.4 Å². The number of rotatable bonds is 7. The smallest absolute Gasteiger partial charge is 0.336 e. The van der Waals surface area contributed by atoms with Crippen LogP contribution in [0.4, 0.5) is 0 Å². The fourth-order valence-electron chi connectivity index (χ4n) is 3.56. The first kappa shape index (κ1) is 22.0. The van der Waals surface area contributed by atoms with Gasteiger partial charge in [-0.2, -0.15) is 4.31 Å². The van der Waals surface area contributed by atoms with Crippen LogP contribution < -0.4 is 15.7 Å². The Kier molecular flexibility index (Phi) is 6.57. The first-order valence-corrected chi connectivity index (χ1v) is 11.9. The number of amides is 1. The third kappa shape index (κ3) is 5.17. The molecule has 0 spiro atoms. The van der Waals surface area contributed by atoms with Gasteiger partial charge >= 0.3 is 5.63 Å². The van der Waals surface area contributed by atoms with Gasteiger partial charge in [-0.05, 0) is 48.7 Å². The maximum Gasteiger partial charge on any atom is 0.336 e. The lowest BCUT2D eigenvalue weighted by atomic mass is 10.2. The molecule has 3 aromatic rings. The van der Waals surface area contributed by atoms with Gasteiger partial charge < -0.3 is 14.5 Å². The average molecular weight is 457 g/mol. The van der Waals surface area contributed by atoms with Crippen molar-refractivity contribution in [2.75, 3.05) is 19.7 Å². The molecule has 2 heterocycles. The van der Waals surface area contributed by atoms with E-state index < -0.39 is 15.6 Å². The first-order chi connectivity index (χ1) is 15.4. The Bertz CT molecular complexity index is 1260. The molecule has 0 aliphatic carbocycles. The van der Waals surface area contributed by atoms with Gasteiger partial charge in [0, 0.05) is 37.2 Å². The summed E-state index contributed by atoms with van der Waals surface area (Å²) in [4.78, 5) is 23.7. The molecule has 1 aromatic heterocycles. The van der Waals surface area contributed by atoms with Gasteiger partial charge in [-0.1, -0.05) is 18.6 Å². The zero-order valence-corrected chi connectivity index (χ0v) is 18.3. The van der Waals surface area contributed by atoms with E-state index >= 15 is 0 Å². The van der Waals surface area contributed by atoms with Crippen LogP contribution in [0.15, 0.2) is 68.7 Å². The molecule has 0 atom stereocenters. The van der Waals surface area contributed by atoms with E-state index in [1.54, 1.807) is 48.5 Å². The summed E-state index contributed by atoms with van der Waals surface area (Å²) in [5, 5.41) is 3.50. The second-order valence-corrected chi connectivity index (χ2v) is 9.57. The van der Waals surface area contributed by atoms with Crippen molar-refractivity contribution in [2.24, 2.45) is 0 Å². The lowest BCUT2D eigenvalue weighted by molar-refractivity contribution is -0.123. The minimum atomic E-state index is -3.47. The van der Waals surface area contributed by atoms with Crippen molar-refractivity contribution in [1.29, 1.82) is 0 Å². The van der Waals surface area contributed by atoms with E-state index in [1.165, 1.54) is 10.4 Å². The zero-order chi connectivity index (χ0) is 22.6. The molecule has 1 saturated heterocycles. The summed E-state index contributed by atoms with van der Waals surface area (Å²) in [6.07, 6.45) is 2.84. The molecule has 32 heavy (non-hydrogen) atoms. The number of hydrogen-bond acceptors (Lipinski definition) is 6. The second-order valence-electron chi connectivity index (χ2n) is 7.63. The maximum atomic E-state index is 12.7. The lowest BCUT2D eigenvalue weighted by Gasteiger charge is -2.25. The van der Waals surface area contributed by atoms with Crippen molar-refractivity contribution in [3.8, 4) is 5.75 Å². The molecule has 8 nitrogen and oxygen atoms in total. The Morgan fingerprint density at radius 1 is 1.00 bits per heavy atom. The van der Waals surface area contributed by atoms with Crippen molar-refractivity contribution in [1.82, 2.24) is 9.62 Å². The van der Waals surface area contributed by atoms with Gasteiger partial charge in [-0.3, -0.25) is 4.79 Å². The first-order valence-electron chi connectivity index (χ1n) is 10.4. The number of benzene rings is 2. The van der Waals surface area contributed by atoms with Crippen molar-refractivity contribution >= 4 is 26.9 Å². The Hall–Kier alpha value is -3.17. The van der Waals surface area contributed by atoms with Gasteiger partial charge in [0.15, 0.2) is 6.61 Å². The van der Waals surface area contributed by atoms with Crippen molar-refractivity contribution in [3.05, 3.63) is 70.6 Å². The van der Waals surface area contributed by atoms with Crippen molar-refractivity contribution < 1.29 is 22.4 Å². The number of hydrogen-bond donors (Lipinski definition) is 1. The highest BCUT2D eigenvalue weighted by Gasteiger charge is 2.25. The van der Waals surface area contributed by atoms with Crippen LogP contribution in [-0.2, 0) is 21.4 Å². The van der Waals surface area contributed by atoms with Gasteiger partial charge in [0.2, 0.25) is 10.0 Å². The minimum absolute atomic E-state index is 0.204. The number of nitrogens with one attached hydrogen (secondary N) is 1. The molecule has 1 amide bonds. The van der Waals surface area contributed by atoms with E-state index in [4.69, 9.17) is 9.15 Å². The molecule has 1 N–H and O–H groups in total. The number of piperidine rings is 1. The quantitative estimate of drug-likeness (QED) is 0.548. The monoisotopic (exact) mass is 456 g/mol. The predicted molar refractivity (Wildman–Crippen MR) is 119 cm³/mol. The Morgan fingerprint density at radius 2 is 1.72 bits per heavy atom. The van der Waals surface area contributed by atoms with Crippen LogP contribution in [0.5, 0.6) is 5.75 Å². The summed E-state index contributed by atoms with van der Waals surface area (Å²) < 4.78 is 37.5. The summed E-state index contributed by atoms with van der Waals surface area (Å²) in [6, 6.07) is 14.5. The van der Waals surface area contributed by atoms with Gasteiger partial charge in [0.1, 0.15) is 11.3 Å². The zero-order valence-electron chi connectivity index (χ0n) is 17.5. The van der Waals surface area contributed by atoms with E-state index in [0.717, 1.165) is 30.2 Å². The second kappa shape index (κ2) is 9.54. The van der Waals surface area contributed by atoms with E-state index in [-0.39, 0.29) is 24.0 Å². The molecule has 1 fully saturated rings. The molecule has 2 aromatic carbocycles. The van der Waals surface area contributed by atoms with Crippen LogP contribution in [0.3, 0.4) is 0 Å². The number of carbonyl (C=O) groups excluding carboxylic acids is 1. The predicted octanol–water partition coefficient (Wildman–Crippen LogP) is 2.66. The van der Waals surface area contributed by atoms with Crippen LogP contribution in [0.25, 0.3) is 11.0 Å². The van der Waals surface area contributed by atoms with Gasteiger partial charge in [-0.15, -0.1) is 0 Å². The van der Waals surface area contributed by atoms with E-state index in [2.05, 4.69) is 5.32 Å². The molecule has 1 aliphatic heterocycles. The van der Waals surface area contributed by atoms with Crippen molar-refractivity contribution in [3.63, 3.8) is 0 Å². The fraction of sp³-hybridized carbons (Fsp3) is 0.304. The van der Waals surface area contributed by atoms with Crippen LogP contribution in [-0.4, -0.2) is 38.3 Å². The molecule has 0 saturated carbocycles. The third-order valence-electron chi connectivity index (χ3n) is 5.33. The minimum Gasteiger partial charge on any atom is -0.484 e. The molecular weight excluding hydrogens is 432 g/mol. The van der Waals surface area contributed by atoms with Gasteiger partial charge in [0.05, 0.1) is 4.90 Å². The highest BCUT2D eigenvalue weighted by atomic mass is 32.2. The van der Waals surface area contributed by atoms with E-state index in [1.807, 2.05) is 0 Å². The summed E-state index contributed by atoms with van der Waals surface area (Å²) >= 11 is 0. The fourth-order valence-corrected chi connectivity index (χ4v) is 5.08. The van der Waals surface area contributed by atoms with Gasteiger partial charge in [0.25, 0.3) is 5.91 Å². The number of fused-ring (bicyclic) bond motifs is 1. The number of sulfonamides is 1. The normalized spacial score (nSPS) is 14.9. The highest BCUT2D eigenvalue weighted by Crippen LogP contribution is 2.21. The standard InChI is InChI=1S/C23H24N2O6S/c26-22(16-30-19-8-6-18-7-11-23(27)31-21(18)14-19)24-15-17-4-9-20(10-5-17)32(28,29)25-12-2-1-3-13-25/h4-11,14H,1-3,12-13,15-16H2,(H,24,26). The average Bonchev–Trinajstić information content (AvgIpc) is 2.82. The molecule has 0 radical (unpaired) electrons. The van der Waals surface area contributed by atoms with Crippen LogP contribution in [0.1, 0.15) is 24.8 Å². The Balaban J connectivity index is 1.30. The number of carbonyl (C=O) groups is 1. The number of nitrogens with zero attached hydrogens (tertiary/aromatic N) is 1. The molecule has 168 valence electrons. The van der Waals surface area contributed by atoms with Crippen LogP contribution in [0.2, 0.25) is 0 Å². The SMILES string of the molecule is O=C(COc1ccc2ccc(=O)oc2c1)NCc1ccc(S(=O)(=O)N2CCCCC2)cc1. The summed E-state index contributed by atoms with van der Waals surface area (Å²) in [5.41, 5.74) is 0.709. The third-order valence-corrected chi connectivity index (χ3v) is 7.24. The summed E-state index contributed by atoms with van der Waals surface area (Å²) in [7, 11) is -3.47. The molecule has 1 aliphatic rings. The topological polar surface area (TPSA) is 106 Å². The number of ether oxygens (including phenoxy) is 1. The van der Waals surface area contributed by atoms with Crippen LogP contribution in [0, 0.1) is 0 Å². The Morgan fingerprint density at radius 3 is 2.47 bits per heavy atom. The summed E-state index contributed by atoms with van der Waals surface area (Å²) in [5.74, 6) is 0.0823. The summed E-state index contributed by atoms with van der Waals surface area (Å²) in [6.45, 7) is 1.16. The van der Waals surface area contributed by atoms with Crippen LogP contribution >= 0.6 is 0 Å². The van der Waals surface area contributed by atoms with Gasteiger partial charge in [-0.25, -0.2) is 13.2 Å². The molecule has 0 bridgehead atoms. The molecule has 4 rings (SSSR count). The highest BCUT2D eigenvalue weighted by molar-refractivity contribution is 7.89. The Labute approximate surface area is 185 Å². The largest absolute Gasteiger partial charge is 0.484 e. The maximum absolute atomic E-state index is 12.7. The molecule has 9 heteroatoms. The van der Waals surface area contributed by atoms with Crippen molar-refractivity contribution in [2.45, 2.75) is 30.7 Å². The lowest BCUT2D eigenvalue weighted by Crippen LogP contribution is -2.35. The van der Waals surface area contributed by atoms with E-state index in [9.17, 15) is 18.0 Å².